The number of hydrogen-bond acceptors (Lipinski definition) is 5. The summed E-state index contributed by atoms with van der Waals surface area (Å²) in [5.41, 5.74) is 1.41. The molecule has 0 saturated carbocycles. The lowest BCUT2D eigenvalue weighted by atomic mass is 9.70. The second-order valence-corrected chi connectivity index (χ2v) is 12.4. The third-order valence-corrected chi connectivity index (χ3v) is 9.71. The van der Waals surface area contributed by atoms with Gasteiger partial charge in [-0.25, -0.2) is 0 Å². The zero-order valence-corrected chi connectivity index (χ0v) is 26.0. The summed E-state index contributed by atoms with van der Waals surface area (Å²) >= 11 is 0. The molecule has 3 saturated heterocycles. The van der Waals surface area contributed by atoms with Gasteiger partial charge in [-0.15, -0.1) is 13.2 Å². The van der Waals surface area contributed by atoms with Crippen molar-refractivity contribution in [3.8, 4) is 0 Å². The van der Waals surface area contributed by atoms with E-state index in [1.807, 2.05) is 91.0 Å². The van der Waals surface area contributed by atoms with Crippen LogP contribution in [0.25, 0.3) is 0 Å². The Morgan fingerprint density at radius 3 is 1.91 bits per heavy atom. The van der Waals surface area contributed by atoms with Crippen molar-refractivity contribution in [3.05, 3.63) is 133 Å². The van der Waals surface area contributed by atoms with Crippen LogP contribution >= 0.6 is 0 Å². The lowest BCUT2D eigenvalue weighted by molar-refractivity contribution is -0.152. The first kappa shape index (κ1) is 31.5. The Labute approximate surface area is 270 Å². The average molecular weight is 620 g/mol. The first-order chi connectivity index (χ1) is 22.4. The topological polar surface area (TPSA) is 90.4 Å². The fourth-order valence-corrected chi connectivity index (χ4v) is 7.79. The van der Waals surface area contributed by atoms with Crippen LogP contribution in [-0.2, 0) is 32.2 Å². The Kier molecular flexibility index (Phi) is 9.20. The van der Waals surface area contributed by atoms with Gasteiger partial charge >= 0.3 is 0 Å². The molecule has 6 rings (SSSR count). The van der Waals surface area contributed by atoms with Crippen molar-refractivity contribution in [2.24, 2.45) is 11.8 Å². The number of hydrogen-bond donors (Lipinski definition) is 1. The highest BCUT2D eigenvalue weighted by molar-refractivity contribution is 5.99. The standard InChI is InChI=1S/C38H41N3O5/c1-3-22-39(24-27-14-8-5-9-15-27)35(43)32-31-20-21-38(46-31)33(32)36(44)41(30(26-42)29-18-12-7-13-19-29)34(38)37(45)40(23-4-2)25-28-16-10-6-11-17-28/h3-19,30-34,42H,1-2,20-26H2/t30-,31-,32+,33+,34?,38?/m1/s1. The quantitative estimate of drug-likeness (QED) is 0.284. The highest BCUT2D eigenvalue weighted by atomic mass is 16.5. The Balaban J connectivity index is 1.41. The number of amides is 3. The largest absolute Gasteiger partial charge is 0.394 e. The Morgan fingerprint density at radius 1 is 0.870 bits per heavy atom. The van der Waals surface area contributed by atoms with Gasteiger partial charge in [0, 0.05) is 26.2 Å². The second-order valence-electron chi connectivity index (χ2n) is 12.4. The number of carbonyl (C=O) groups excluding carboxylic acids is 3. The highest BCUT2D eigenvalue weighted by Crippen LogP contribution is 2.60. The molecule has 1 spiro atoms. The fourth-order valence-electron chi connectivity index (χ4n) is 7.79. The molecular weight excluding hydrogens is 578 g/mol. The van der Waals surface area contributed by atoms with E-state index in [9.17, 15) is 19.5 Å². The molecule has 0 aliphatic carbocycles. The van der Waals surface area contributed by atoms with Gasteiger partial charge in [-0.05, 0) is 29.5 Å². The molecule has 8 nitrogen and oxygen atoms in total. The van der Waals surface area contributed by atoms with Gasteiger partial charge in [-0.3, -0.25) is 14.4 Å². The van der Waals surface area contributed by atoms with Crippen LogP contribution in [0, 0.1) is 11.8 Å². The van der Waals surface area contributed by atoms with Crippen LogP contribution in [0.1, 0.15) is 35.6 Å². The minimum Gasteiger partial charge on any atom is -0.394 e. The summed E-state index contributed by atoms with van der Waals surface area (Å²) in [7, 11) is 0. The van der Waals surface area contributed by atoms with E-state index in [4.69, 9.17) is 4.74 Å². The van der Waals surface area contributed by atoms with Crippen molar-refractivity contribution >= 4 is 17.7 Å². The van der Waals surface area contributed by atoms with E-state index < -0.39 is 35.6 Å². The maximum absolute atomic E-state index is 14.8. The van der Waals surface area contributed by atoms with Crippen molar-refractivity contribution in [3.63, 3.8) is 0 Å². The molecule has 2 bridgehead atoms. The van der Waals surface area contributed by atoms with E-state index in [0.29, 0.717) is 38.0 Å². The zero-order valence-electron chi connectivity index (χ0n) is 26.0. The number of carbonyl (C=O) groups is 3. The van der Waals surface area contributed by atoms with Crippen LogP contribution in [0.5, 0.6) is 0 Å². The van der Waals surface area contributed by atoms with Gasteiger partial charge in [-0.2, -0.15) is 0 Å². The molecule has 3 aliphatic heterocycles. The third kappa shape index (κ3) is 5.56. The molecule has 3 aliphatic rings. The summed E-state index contributed by atoms with van der Waals surface area (Å²) in [5, 5.41) is 10.8. The van der Waals surface area contributed by atoms with Gasteiger partial charge < -0.3 is 24.5 Å². The van der Waals surface area contributed by atoms with Gasteiger partial charge in [-0.1, -0.05) is 103 Å². The maximum atomic E-state index is 14.8. The molecule has 8 heteroatoms. The minimum atomic E-state index is -1.20. The Hall–Kier alpha value is -4.53. The number of fused-ring (bicyclic) bond motifs is 1. The van der Waals surface area contributed by atoms with Gasteiger partial charge in [0.15, 0.2) is 0 Å². The van der Waals surface area contributed by atoms with Gasteiger partial charge in [0.05, 0.1) is 30.6 Å². The normalized spacial score (nSPS) is 25.2. The van der Waals surface area contributed by atoms with Crippen molar-refractivity contribution in [2.45, 2.75) is 49.7 Å². The number of benzene rings is 3. The zero-order chi connectivity index (χ0) is 32.3. The van der Waals surface area contributed by atoms with Crippen molar-refractivity contribution in [2.75, 3.05) is 19.7 Å². The monoisotopic (exact) mass is 619 g/mol. The Morgan fingerprint density at radius 2 is 1.39 bits per heavy atom. The van der Waals surface area contributed by atoms with Crippen LogP contribution in [0.4, 0.5) is 0 Å². The number of nitrogens with zero attached hydrogens (tertiary/aromatic N) is 3. The fraction of sp³-hybridized carbons (Fsp3) is 0.342. The van der Waals surface area contributed by atoms with Crippen LogP contribution in [0.15, 0.2) is 116 Å². The predicted octanol–water partition coefficient (Wildman–Crippen LogP) is 4.52. The molecule has 3 aromatic carbocycles. The van der Waals surface area contributed by atoms with Crippen LogP contribution in [-0.4, -0.2) is 75.0 Å². The first-order valence-corrected chi connectivity index (χ1v) is 16.0. The number of likely N-dealkylation sites (tertiary alicyclic amines) is 1. The van der Waals surface area contributed by atoms with Crippen LogP contribution < -0.4 is 0 Å². The predicted molar refractivity (Wildman–Crippen MR) is 175 cm³/mol. The minimum absolute atomic E-state index is 0.186. The molecule has 3 heterocycles. The summed E-state index contributed by atoms with van der Waals surface area (Å²) in [4.78, 5) is 49.0. The maximum Gasteiger partial charge on any atom is 0.249 e. The van der Waals surface area contributed by atoms with E-state index in [-0.39, 0.29) is 30.9 Å². The van der Waals surface area contributed by atoms with Gasteiger partial charge in [0.1, 0.15) is 11.6 Å². The highest BCUT2D eigenvalue weighted by Gasteiger charge is 2.75. The summed E-state index contributed by atoms with van der Waals surface area (Å²) in [6, 6.07) is 26.8. The Bertz CT molecular complexity index is 1560. The van der Waals surface area contributed by atoms with E-state index in [1.165, 1.54) is 4.90 Å². The van der Waals surface area contributed by atoms with Gasteiger partial charge in [0.25, 0.3) is 0 Å². The second kappa shape index (κ2) is 13.4. The van der Waals surface area contributed by atoms with Crippen molar-refractivity contribution in [1.82, 2.24) is 14.7 Å². The van der Waals surface area contributed by atoms with E-state index in [2.05, 4.69) is 13.2 Å². The van der Waals surface area contributed by atoms with Crippen molar-refractivity contribution in [1.29, 1.82) is 0 Å². The van der Waals surface area contributed by atoms with Crippen LogP contribution in [0.3, 0.4) is 0 Å². The smallest absolute Gasteiger partial charge is 0.249 e. The summed E-state index contributed by atoms with van der Waals surface area (Å²) in [6.45, 7) is 8.64. The first-order valence-electron chi connectivity index (χ1n) is 16.0. The molecule has 6 atom stereocenters. The molecule has 3 amide bonds. The molecule has 2 unspecified atom stereocenters. The number of rotatable bonds is 13. The summed E-state index contributed by atoms with van der Waals surface area (Å²) in [5.74, 6) is -2.43. The summed E-state index contributed by atoms with van der Waals surface area (Å²) in [6.07, 6.45) is 3.89. The average Bonchev–Trinajstić information content (AvgIpc) is 3.73. The van der Waals surface area contributed by atoms with E-state index in [1.54, 1.807) is 22.0 Å². The molecule has 1 N–H and O–H groups in total. The lowest BCUT2D eigenvalue weighted by Crippen LogP contribution is -2.57. The van der Waals surface area contributed by atoms with Gasteiger partial charge in [0.2, 0.25) is 17.7 Å². The molecule has 46 heavy (non-hydrogen) atoms. The third-order valence-electron chi connectivity index (χ3n) is 9.71. The number of aliphatic hydroxyl groups excluding tert-OH is 1. The number of aliphatic hydroxyl groups is 1. The summed E-state index contributed by atoms with van der Waals surface area (Å²) < 4.78 is 6.75. The van der Waals surface area contributed by atoms with E-state index in [0.717, 1.165) is 11.1 Å². The number of ether oxygens (including phenoxy) is 1. The van der Waals surface area contributed by atoms with E-state index >= 15 is 0 Å². The lowest BCUT2D eigenvalue weighted by Gasteiger charge is -2.39. The van der Waals surface area contributed by atoms with Crippen molar-refractivity contribution < 1.29 is 24.2 Å². The SMILES string of the molecule is C=CCN(Cc1ccccc1)C(=O)C1N([C@H](CO)c2ccccc2)C(=O)[C@@H]2[C@@H](C(=O)N(CC=C)Cc3ccccc3)[C@H]3CCC12O3. The molecule has 3 aromatic rings. The van der Waals surface area contributed by atoms with Crippen LogP contribution in [0.2, 0.25) is 0 Å². The molecule has 0 radical (unpaired) electrons. The molecule has 0 aromatic heterocycles. The molecule has 3 fully saturated rings. The molecular formula is C38H41N3O5. The molecule has 238 valence electrons.